The number of ether oxygens (including phenoxy) is 1. The van der Waals surface area contributed by atoms with E-state index in [2.05, 4.69) is 37.1 Å². The molecule has 0 radical (unpaired) electrons. The standard InChI is InChI=1S/C14H19N3O/c1-11-8-12(2)10-13(9-11)18-7-3-5-17-6-4-14(15)16-17/h4,6,8-10H,3,5,7H2,1-2H3,(H2,15,16). The van der Waals surface area contributed by atoms with Crippen molar-refractivity contribution in [2.24, 2.45) is 0 Å². The fourth-order valence-corrected chi connectivity index (χ4v) is 1.93. The summed E-state index contributed by atoms with van der Waals surface area (Å²) in [6.45, 7) is 5.66. The zero-order chi connectivity index (χ0) is 13.0. The van der Waals surface area contributed by atoms with E-state index in [-0.39, 0.29) is 0 Å². The minimum atomic E-state index is 0.560. The molecule has 0 aliphatic rings. The Kier molecular flexibility index (Phi) is 3.87. The fourth-order valence-electron chi connectivity index (χ4n) is 1.93. The molecule has 0 atom stereocenters. The molecular weight excluding hydrogens is 226 g/mol. The fraction of sp³-hybridized carbons (Fsp3) is 0.357. The first-order chi connectivity index (χ1) is 8.63. The Balaban J connectivity index is 1.78. The number of aromatic nitrogens is 2. The number of hydrogen-bond acceptors (Lipinski definition) is 3. The van der Waals surface area contributed by atoms with Crippen LogP contribution in [0.5, 0.6) is 5.75 Å². The molecule has 18 heavy (non-hydrogen) atoms. The highest BCUT2D eigenvalue weighted by atomic mass is 16.5. The van der Waals surface area contributed by atoms with E-state index >= 15 is 0 Å². The minimum Gasteiger partial charge on any atom is -0.494 e. The van der Waals surface area contributed by atoms with Crippen molar-refractivity contribution in [1.29, 1.82) is 0 Å². The summed E-state index contributed by atoms with van der Waals surface area (Å²) < 4.78 is 7.56. The molecule has 0 saturated carbocycles. The van der Waals surface area contributed by atoms with E-state index in [1.165, 1.54) is 11.1 Å². The predicted molar refractivity (Wildman–Crippen MR) is 72.7 cm³/mol. The third kappa shape index (κ3) is 3.52. The summed E-state index contributed by atoms with van der Waals surface area (Å²) in [5.41, 5.74) is 8.00. The van der Waals surface area contributed by atoms with Crippen molar-refractivity contribution < 1.29 is 4.74 Å². The Hall–Kier alpha value is -1.97. The Morgan fingerprint density at radius 1 is 1.22 bits per heavy atom. The third-order valence-electron chi connectivity index (χ3n) is 2.66. The number of nitrogen functional groups attached to an aromatic ring is 1. The lowest BCUT2D eigenvalue weighted by Crippen LogP contribution is -2.05. The zero-order valence-corrected chi connectivity index (χ0v) is 10.9. The maximum Gasteiger partial charge on any atom is 0.145 e. The lowest BCUT2D eigenvalue weighted by Gasteiger charge is -2.08. The van der Waals surface area contributed by atoms with E-state index in [4.69, 9.17) is 10.5 Å². The number of nitrogens with zero attached hydrogens (tertiary/aromatic N) is 2. The molecule has 1 aromatic heterocycles. The number of anilines is 1. The molecule has 0 amide bonds. The van der Waals surface area contributed by atoms with Crippen LogP contribution in [-0.4, -0.2) is 16.4 Å². The van der Waals surface area contributed by atoms with Crippen LogP contribution in [0.4, 0.5) is 5.82 Å². The van der Waals surface area contributed by atoms with Gasteiger partial charge in [0.15, 0.2) is 0 Å². The molecule has 0 aliphatic heterocycles. The molecule has 0 aliphatic carbocycles. The van der Waals surface area contributed by atoms with E-state index in [9.17, 15) is 0 Å². The van der Waals surface area contributed by atoms with Gasteiger partial charge in [0.05, 0.1) is 6.61 Å². The summed E-state index contributed by atoms with van der Waals surface area (Å²) in [6.07, 6.45) is 2.79. The largest absolute Gasteiger partial charge is 0.494 e. The third-order valence-corrected chi connectivity index (χ3v) is 2.66. The number of benzene rings is 1. The van der Waals surface area contributed by atoms with Gasteiger partial charge in [-0.3, -0.25) is 4.68 Å². The van der Waals surface area contributed by atoms with Crippen LogP contribution in [0.15, 0.2) is 30.5 Å². The average molecular weight is 245 g/mol. The Labute approximate surface area is 107 Å². The van der Waals surface area contributed by atoms with Gasteiger partial charge in [0.1, 0.15) is 11.6 Å². The molecule has 0 spiro atoms. The maximum atomic E-state index is 5.72. The Bertz CT molecular complexity index is 499. The Morgan fingerprint density at radius 3 is 2.56 bits per heavy atom. The van der Waals surface area contributed by atoms with Crippen LogP contribution in [0.3, 0.4) is 0 Å². The van der Waals surface area contributed by atoms with E-state index in [1.54, 1.807) is 6.07 Å². The van der Waals surface area contributed by atoms with Gasteiger partial charge in [0, 0.05) is 19.2 Å². The summed E-state index contributed by atoms with van der Waals surface area (Å²) >= 11 is 0. The molecular formula is C14H19N3O. The van der Waals surface area contributed by atoms with Crippen LogP contribution < -0.4 is 10.5 Å². The van der Waals surface area contributed by atoms with Gasteiger partial charge < -0.3 is 10.5 Å². The quantitative estimate of drug-likeness (QED) is 0.824. The lowest BCUT2D eigenvalue weighted by atomic mass is 10.1. The van der Waals surface area contributed by atoms with Gasteiger partial charge in [-0.15, -0.1) is 0 Å². The molecule has 0 bridgehead atoms. The minimum absolute atomic E-state index is 0.560. The van der Waals surface area contributed by atoms with Gasteiger partial charge in [0.2, 0.25) is 0 Å². The lowest BCUT2D eigenvalue weighted by molar-refractivity contribution is 0.298. The monoisotopic (exact) mass is 245 g/mol. The van der Waals surface area contributed by atoms with Crippen LogP contribution >= 0.6 is 0 Å². The number of hydrogen-bond donors (Lipinski definition) is 1. The van der Waals surface area contributed by atoms with Crippen molar-refractivity contribution in [3.8, 4) is 5.75 Å². The van der Waals surface area contributed by atoms with Gasteiger partial charge in [-0.1, -0.05) is 6.07 Å². The van der Waals surface area contributed by atoms with Crippen LogP contribution in [0, 0.1) is 13.8 Å². The molecule has 4 heteroatoms. The molecule has 1 aromatic carbocycles. The number of nitrogens with two attached hydrogens (primary N) is 1. The predicted octanol–water partition coefficient (Wildman–Crippen LogP) is 2.55. The van der Waals surface area contributed by atoms with Crippen molar-refractivity contribution in [2.75, 3.05) is 12.3 Å². The molecule has 96 valence electrons. The van der Waals surface area contributed by atoms with Crippen LogP contribution in [0.2, 0.25) is 0 Å². The molecule has 0 fully saturated rings. The first-order valence-electron chi connectivity index (χ1n) is 6.13. The van der Waals surface area contributed by atoms with E-state index in [0.29, 0.717) is 12.4 Å². The molecule has 1 heterocycles. The first kappa shape index (κ1) is 12.5. The van der Waals surface area contributed by atoms with Gasteiger partial charge in [-0.2, -0.15) is 5.10 Å². The smallest absolute Gasteiger partial charge is 0.145 e. The second-order valence-electron chi connectivity index (χ2n) is 4.53. The molecule has 2 aromatic rings. The van der Waals surface area contributed by atoms with Gasteiger partial charge >= 0.3 is 0 Å². The molecule has 2 rings (SSSR count). The SMILES string of the molecule is Cc1cc(C)cc(OCCCn2ccc(N)n2)c1. The van der Waals surface area contributed by atoms with Crippen molar-refractivity contribution in [3.05, 3.63) is 41.6 Å². The van der Waals surface area contributed by atoms with E-state index in [1.807, 2.05) is 10.9 Å². The van der Waals surface area contributed by atoms with Gasteiger partial charge in [0.25, 0.3) is 0 Å². The molecule has 0 unspecified atom stereocenters. The number of rotatable bonds is 5. The number of aryl methyl sites for hydroxylation is 3. The zero-order valence-electron chi connectivity index (χ0n) is 10.9. The maximum absolute atomic E-state index is 5.72. The second-order valence-corrected chi connectivity index (χ2v) is 4.53. The summed E-state index contributed by atoms with van der Waals surface area (Å²) in [4.78, 5) is 0. The van der Waals surface area contributed by atoms with Crippen molar-refractivity contribution in [2.45, 2.75) is 26.8 Å². The summed E-state index contributed by atoms with van der Waals surface area (Å²) in [5, 5.41) is 4.12. The normalized spacial score (nSPS) is 10.6. The summed E-state index contributed by atoms with van der Waals surface area (Å²) in [5.74, 6) is 1.50. The topological polar surface area (TPSA) is 53.1 Å². The van der Waals surface area contributed by atoms with Gasteiger partial charge in [-0.05, 0) is 43.2 Å². The highest BCUT2D eigenvalue weighted by molar-refractivity contribution is 5.32. The molecule has 0 saturated heterocycles. The van der Waals surface area contributed by atoms with Crippen molar-refractivity contribution >= 4 is 5.82 Å². The molecule has 4 nitrogen and oxygen atoms in total. The second kappa shape index (κ2) is 5.58. The molecule has 2 N–H and O–H groups in total. The summed E-state index contributed by atoms with van der Waals surface area (Å²) in [6, 6.07) is 8.04. The van der Waals surface area contributed by atoms with Crippen LogP contribution in [0.25, 0.3) is 0 Å². The van der Waals surface area contributed by atoms with E-state index in [0.717, 1.165) is 18.7 Å². The van der Waals surface area contributed by atoms with Crippen LogP contribution in [-0.2, 0) is 6.54 Å². The summed E-state index contributed by atoms with van der Waals surface area (Å²) in [7, 11) is 0. The van der Waals surface area contributed by atoms with Gasteiger partial charge in [-0.25, -0.2) is 0 Å². The first-order valence-corrected chi connectivity index (χ1v) is 6.13. The van der Waals surface area contributed by atoms with Crippen molar-refractivity contribution in [1.82, 2.24) is 9.78 Å². The Morgan fingerprint density at radius 2 is 1.94 bits per heavy atom. The van der Waals surface area contributed by atoms with Crippen LogP contribution in [0.1, 0.15) is 17.5 Å². The highest BCUT2D eigenvalue weighted by Crippen LogP contribution is 2.16. The van der Waals surface area contributed by atoms with E-state index < -0.39 is 0 Å². The highest BCUT2D eigenvalue weighted by Gasteiger charge is 1.98. The van der Waals surface area contributed by atoms with Crippen molar-refractivity contribution in [3.63, 3.8) is 0 Å². The average Bonchev–Trinajstić information content (AvgIpc) is 2.69.